The number of carbonyl (C=O) groups is 1. The van der Waals surface area contributed by atoms with E-state index in [1.165, 1.54) is 4.31 Å². The van der Waals surface area contributed by atoms with Gasteiger partial charge in [0.15, 0.2) is 0 Å². The van der Waals surface area contributed by atoms with Crippen LogP contribution in [0.25, 0.3) is 10.9 Å². The van der Waals surface area contributed by atoms with Crippen LogP contribution < -0.4 is 9.62 Å². The third kappa shape index (κ3) is 4.23. The number of amides is 1. The maximum Gasteiger partial charge on any atom is 0.232 e. The van der Waals surface area contributed by atoms with Crippen molar-refractivity contribution in [3.05, 3.63) is 66.4 Å². The van der Waals surface area contributed by atoms with E-state index in [0.717, 1.165) is 22.7 Å². The molecule has 136 valence electrons. The first-order chi connectivity index (χ1) is 12.4. The van der Waals surface area contributed by atoms with Crippen LogP contribution in [0.2, 0.25) is 0 Å². The molecule has 2 aromatic carbocycles. The van der Waals surface area contributed by atoms with Gasteiger partial charge in [0.2, 0.25) is 15.9 Å². The molecule has 0 bridgehead atoms. The average Bonchev–Trinajstić information content (AvgIpc) is 3.01. The number of hydrogen-bond acceptors (Lipinski definition) is 3. The Bertz CT molecular complexity index is 997. The van der Waals surface area contributed by atoms with Crippen LogP contribution in [0, 0.1) is 0 Å². The van der Waals surface area contributed by atoms with Crippen molar-refractivity contribution in [1.82, 2.24) is 10.3 Å². The Kier molecular flexibility index (Phi) is 5.27. The molecule has 7 heteroatoms. The number of nitrogens with one attached hydrogen (secondary N) is 2. The highest BCUT2D eigenvalue weighted by Crippen LogP contribution is 2.18. The van der Waals surface area contributed by atoms with E-state index >= 15 is 0 Å². The fraction of sp³-hybridized carbons (Fsp3) is 0.211. The zero-order valence-electron chi connectivity index (χ0n) is 14.5. The summed E-state index contributed by atoms with van der Waals surface area (Å²) in [6.07, 6.45) is 3.24. The summed E-state index contributed by atoms with van der Waals surface area (Å²) in [5, 5.41) is 3.82. The lowest BCUT2D eigenvalue weighted by Crippen LogP contribution is -2.38. The number of para-hydroxylation sites is 2. The van der Waals surface area contributed by atoms with Crippen LogP contribution >= 0.6 is 0 Å². The number of fused-ring (bicyclic) bond motifs is 1. The van der Waals surface area contributed by atoms with Crippen molar-refractivity contribution in [3.8, 4) is 0 Å². The predicted molar refractivity (Wildman–Crippen MR) is 104 cm³/mol. The van der Waals surface area contributed by atoms with E-state index < -0.39 is 10.0 Å². The number of anilines is 1. The smallest absolute Gasteiger partial charge is 0.232 e. The lowest BCUT2D eigenvalue weighted by atomic mass is 10.1. The van der Waals surface area contributed by atoms with Gasteiger partial charge in [-0.05, 0) is 23.8 Å². The van der Waals surface area contributed by atoms with Crippen molar-refractivity contribution in [2.75, 3.05) is 23.7 Å². The predicted octanol–water partition coefficient (Wildman–Crippen LogP) is 2.29. The molecule has 0 radical (unpaired) electrons. The molecule has 0 unspecified atom stereocenters. The van der Waals surface area contributed by atoms with Crippen LogP contribution in [-0.4, -0.2) is 38.7 Å². The zero-order chi connectivity index (χ0) is 18.6. The Morgan fingerprint density at radius 3 is 2.50 bits per heavy atom. The van der Waals surface area contributed by atoms with Crippen molar-refractivity contribution in [3.63, 3.8) is 0 Å². The molecule has 26 heavy (non-hydrogen) atoms. The van der Waals surface area contributed by atoms with Gasteiger partial charge < -0.3 is 10.3 Å². The van der Waals surface area contributed by atoms with Gasteiger partial charge in [0.25, 0.3) is 0 Å². The molecule has 0 aliphatic carbocycles. The molecule has 0 aliphatic heterocycles. The highest BCUT2D eigenvalue weighted by atomic mass is 32.2. The van der Waals surface area contributed by atoms with Crippen LogP contribution in [0.1, 0.15) is 5.56 Å². The first kappa shape index (κ1) is 18.0. The van der Waals surface area contributed by atoms with Crippen molar-refractivity contribution in [1.29, 1.82) is 0 Å². The molecule has 1 heterocycles. The number of H-pyrrole nitrogens is 1. The van der Waals surface area contributed by atoms with Gasteiger partial charge in [-0.1, -0.05) is 36.4 Å². The normalized spacial score (nSPS) is 11.4. The molecular formula is C19H21N3O3S. The maximum atomic E-state index is 12.2. The highest BCUT2D eigenvalue weighted by molar-refractivity contribution is 7.92. The van der Waals surface area contributed by atoms with Gasteiger partial charge in [0, 0.05) is 23.6 Å². The standard InChI is InChI=1S/C19H21N3O3S/c1-26(24,25)22(16-7-3-2-4-8-16)12-11-20-19(23)13-15-14-21-18-10-6-5-9-17(15)18/h2-10,14,21H,11-13H2,1H3,(H,20,23). The van der Waals surface area contributed by atoms with Crippen molar-refractivity contribution >= 4 is 32.5 Å². The van der Waals surface area contributed by atoms with E-state index in [2.05, 4.69) is 10.3 Å². The first-order valence-corrected chi connectivity index (χ1v) is 10.1. The van der Waals surface area contributed by atoms with Crippen LogP contribution in [0.3, 0.4) is 0 Å². The van der Waals surface area contributed by atoms with Crippen molar-refractivity contribution < 1.29 is 13.2 Å². The van der Waals surface area contributed by atoms with E-state index in [9.17, 15) is 13.2 Å². The molecule has 3 rings (SSSR count). The van der Waals surface area contributed by atoms with Gasteiger partial charge in [0.05, 0.1) is 24.9 Å². The van der Waals surface area contributed by atoms with E-state index in [0.29, 0.717) is 5.69 Å². The van der Waals surface area contributed by atoms with E-state index in [4.69, 9.17) is 0 Å². The second-order valence-corrected chi connectivity index (χ2v) is 7.96. The number of hydrogen-bond donors (Lipinski definition) is 2. The minimum Gasteiger partial charge on any atom is -0.361 e. The third-order valence-corrected chi connectivity index (χ3v) is 5.30. The summed E-state index contributed by atoms with van der Waals surface area (Å²) < 4.78 is 25.3. The molecular weight excluding hydrogens is 350 g/mol. The molecule has 0 spiro atoms. The number of aromatic nitrogens is 1. The van der Waals surface area contributed by atoms with Crippen molar-refractivity contribution in [2.24, 2.45) is 0 Å². The van der Waals surface area contributed by atoms with Gasteiger partial charge >= 0.3 is 0 Å². The monoisotopic (exact) mass is 371 g/mol. The summed E-state index contributed by atoms with van der Waals surface area (Å²) in [6.45, 7) is 0.422. The van der Waals surface area contributed by atoms with Gasteiger partial charge in [-0.3, -0.25) is 9.10 Å². The largest absolute Gasteiger partial charge is 0.361 e. The number of carbonyl (C=O) groups excluding carboxylic acids is 1. The number of benzene rings is 2. The summed E-state index contributed by atoms with van der Waals surface area (Å²) in [5.74, 6) is -0.142. The molecule has 1 amide bonds. The molecule has 6 nitrogen and oxygen atoms in total. The number of nitrogens with zero attached hydrogens (tertiary/aromatic N) is 1. The molecule has 0 fully saturated rings. The maximum absolute atomic E-state index is 12.2. The Labute approximate surface area is 152 Å². The quantitative estimate of drug-likeness (QED) is 0.668. The Balaban J connectivity index is 1.60. The van der Waals surface area contributed by atoms with Crippen LogP contribution in [0.4, 0.5) is 5.69 Å². The molecule has 0 saturated carbocycles. The molecule has 2 N–H and O–H groups in total. The Morgan fingerprint density at radius 1 is 1.08 bits per heavy atom. The fourth-order valence-electron chi connectivity index (χ4n) is 2.89. The first-order valence-electron chi connectivity index (χ1n) is 8.29. The number of sulfonamides is 1. The molecule has 0 saturated heterocycles. The summed E-state index contributed by atoms with van der Waals surface area (Å²) in [5.41, 5.74) is 2.49. The summed E-state index contributed by atoms with van der Waals surface area (Å²) in [7, 11) is -3.42. The molecule has 1 aromatic heterocycles. The minimum absolute atomic E-state index is 0.142. The van der Waals surface area contributed by atoms with Gasteiger partial charge in [-0.2, -0.15) is 0 Å². The third-order valence-electron chi connectivity index (χ3n) is 4.11. The summed E-state index contributed by atoms with van der Waals surface area (Å²) in [4.78, 5) is 15.4. The zero-order valence-corrected chi connectivity index (χ0v) is 15.3. The van der Waals surface area contributed by atoms with Crippen LogP contribution in [-0.2, 0) is 21.2 Å². The second kappa shape index (κ2) is 7.61. The number of rotatable bonds is 7. The molecule has 0 atom stereocenters. The van der Waals surface area contributed by atoms with Gasteiger partial charge in [-0.15, -0.1) is 0 Å². The van der Waals surface area contributed by atoms with E-state index in [1.54, 1.807) is 24.3 Å². The molecule has 3 aromatic rings. The van der Waals surface area contributed by atoms with E-state index in [-0.39, 0.29) is 25.4 Å². The number of aromatic amines is 1. The second-order valence-electron chi connectivity index (χ2n) is 6.06. The average molecular weight is 371 g/mol. The topological polar surface area (TPSA) is 82.3 Å². The van der Waals surface area contributed by atoms with Gasteiger partial charge in [0.1, 0.15) is 0 Å². The van der Waals surface area contributed by atoms with Gasteiger partial charge in [-0.25, -0.2) is 8.42 Å². The highest BCUT2D eigenvalue weighted by Gasteiger charge is 2.17. The fourth-order valence-corrected chi connectivity index (χ4v) is 3.82. The summed E-state index contributed by atoms with van der Waals surface area (Å²) >= 11 is 0. The Morgan fingerprint density at radius 2 is 1.77 bits per heavy atom. The van der Waals surface area contributed by atoms with Crippen LogP contribution in [0.5, 0.6) is 0 Å². The molecule has 0 aliphatic rings. The van der Waals surface area contributed by atoms with Crippen molar-refractivity contribution in [2.45, 2.75) is 6.42 Å². The van der Waals surface area contributed by atoms with E-state index in [1.807, 2.05) is 36.5 Å². The lowest BCUT2D eigenvalue weighted by molar-refractivity contribution is -0.120. The minimum atomic E-state index is -3.42. The Hall–Kier alpha value is -2.80. The SMILES string of the molecule is CS(=O)(=O)N(CCNC(=O)Cc1c[nH]c2ccccc12)c1ccccc1. The summed E-state index contributed by atoms with van der Waals surface area (Å²) in [6, 6.07) is 16.6. The van der Waals surface area contributed by atoms with Crippen LogP contribution in [0.15, 0.2) is 60.8 Å². The lowest BCUT2D eigenvalue weighted by Gasteiger charge is -2.22.